The zero-order chi connectivity index (χ0) is 18.8. The number of nitrogens with one attached hydrogen (secondary N) is 2. The number of hydrogen-bond donors (Lipinski definition) is 2. The van der Waals surface area contributed by atoms with Gasteiger partial charge in [-0.05, 0) is 50.1 Å². The Hall–Kier alpha value is -3.02. The highest BCUT2D eigenvalue weighted by Gasteiger charge is 2.36. The SMILES string of the molecule is Cc1ccc(OCCNC(=O)c2ccc3c(c2)NC(=O)[C@H]2CCCN32)cc1. The number of carbonyl (C=O) groups excluding carboxylic acids is 2. The minimum Gasteiger partial charge on any atom is -0.492 e. The molecule has 1 fully saturated rings. The van der Waals surface area contributed by atoms with E-state index in [0.29, 0.717) is 24.4 Å². The molecule has 2 amide bonds. The second-order valence-corrected chi connectivity index (χ2v) is 6.99. The predicted octanol–water partition coefficient (Wildman–Crippen LogP) is 2.72. The summed E-state index contributed by atoms with van der Waals surface area (Å²) in [4.78, 5) is 26.7. The third-order valence-corrected chi connectivity index (χ3v) is 5.06. The molecule has 1 atom stereocenters. The summed E-state index contributed by atoms with van der Waals surface area (Å²) in [6.07, 6.45) is 1.90. The first-order chi connectivity index (χ1) is 13.1. The van der Waals surface area contributed by atoms with Crippen molar-refractivity contribution in [3.63, 3.8) is 0 Å². The van der Waals surface area contributed by atoms with Gasteiger partial charge in [0, 0.05) is 12.1 Å². The van der Waals surface area contributed by atoms with Gasteiger partial charge in [-0.2, -0.15) is 0 Å². The maximum atomic E-state index is 12.4. The lowest BCUT2D eigenvalue weighted by atomic mass is 10.1. The van der Waals surface area contributed by atoms with Crippen LogP contribution in [-0.4, -0.2) is 37.6 Å². The molecular formula is C21H23N3O3. The fourth-order valence-electron chi connectivity index (χ4n) is 3.64. The van der Waals surface area contributed by atoms with Gasteiger partial charge in [0.25, 0.3) is 5.91 Å². The smallest absolute Gasteiger partial charge is 0.251 e. The van der Waals surface area contributed by atoms with E-state index in [0.717, 1.165) is 30.8 Å². The van der Waals surface area contributed by atoms with E-state index in [1.807, 2.05) is 43.3 Å². The molecule has 0 unspecified atom stereocenters. The fraction of sp³-hybridized carbons (Fsp3) is 0.333. The summed E-state index contributed by atoms with van der Waals surface area (Å²) < 4.78 is 5.62. The van der Waals surface area contributed by atoms with Crippen LogP contribution in [-0.2, 0) is 4.79 Å². The van der Waals surface area contributed by atoms with Crippen molar-refractivity contribution < 1.29 is 14.3 Å². The van der Waals surface area contributed by atoms with Crippen molar-refractivity contribution in [3.05, 3.63) is 53.6 Å². The third-order valence-electron chi connectivity index (χ3n) is 5.06. The molecule has 0 aliphatic carbocycles. The van der Waals surface area contributed by atoms with Crippen LogP contribution in [0.5, 0.6) is 5.75 Å². The Morgan fingerprint density at radius 1 is 1.26 bits per heavy atom. The molecule has 0 spiro atoms. The lowest BCUT2D eigenvalue weighted by molar-refractivity contribution is -0.117. The zero-order valence-electron chi connectivity index (χ0n) is 15.3. The van der Waals surface area contributed by atoms with Gasteiger partial charge in [-0.1, -0.05) is 17.7 Å². The maximum Gasteiger partial charge on any atom is 0.251 e. The molecule has 2 heterocycles. The first kappa shape index (κ1) is 17.4. The molecule has 6 heteroatoms. The molecule has 1 saturated heterocycles. The summed E-state index contributed by atoms with van der Waals surface area (Å²) in [7, 11) is 0. The Morgan fingerprint density at radius 2 is 2.07 bits per heavy atom. The summed E-state index contributed by atoms with van der Waals surface area (Å²) in [6, 6.07) is 13.2. The molecule has 2 aromatic carbocycles. The van der Waals surface area contributed by atoms with E-state index in [4.69, 9.17) is 4.74 Å². The van der Waals surface area contributed by atoms with Crippen molar-refractivity contribution in [2.45, 2.75) is 25.8 Å². The van der Waals surface area contributed by atoms with Crippen molar-refractivity contribution >= 4 is 23.2 Å². The Labute approximate surface area is 158 Å². The molecule has 4 rings (SSSR count). The lowest BCUT2D eigenvalue weighted by Crippen LogP contribution is -2.44. The molecule has 0 radical (unpaired) electrons. The Kier molecular flexibility index (Phi) is 4.71. The molecule has 0 aromatic heterocycles. The highest BCUT2D eigenvalue weighted by Crippen LogP contribution is 2.37. The summed E-state index contributed by atoms with van der Waals surface area (Å²) in [6.45, 7) is 3.71. The second kappa shape index (κ2) is 7.31. The van der Waals surface area contributed by atoms with Crippen molar-refractivity contribution in [2.75, 3.05) is 29.9 Å². The lowest BCUT2D eigenvalue weighted by Gasteiger charge is -2.33. The largest absolute Gasteiger partial charge is 0.492 e. The topological polar surface area (TPSA) is 70.7 Å². The fourth-order valence-corrected chi connectivity index (χ4v) is 3.64. The van der Waals surface area contributed by atoms with Crippen LogP contribution in [0.4, 0.5) is 11.4 Å². The van der Waals surface area contributed by atoms with Gasteiger partial charge < -0.3 is 20.3 Å². The number of amides is 2. The second-order valence-electron chi connectivity index (χ2n) is 6.99. The molecule has 2 N–H and O–H groups in total. The Bertz CT molecular complexity index is 863. The van der Waals surface area contributed by atoms with Crippen LogP contribution < -0.4 is 20.3 Å². The van der Waals surface area contributed by atoms with Gasteiger partial charge in [-0.25, -0.2) is 0 Å². The van der Waals surface area contributed by atoms with E-state index in [-0.39, 0.29) is 17.9 Å². The number of nitrogens with zero attached hydrogens (tertiary/aromatic N) is 1. The van der Waals surface area contributed by atoms with Crippen LogP contribution in [0, 0.1) is 6.92 Å². The van der Waals surface area contributed by atoms with Gasteiger partial charge in [-0.3, -0.25) is 9.59 Å². The first-order valence-corrected chi connectivity index (χ1v) is 9.31. The van der Waals surface area contributed by atoms with Crippen molar-refractivity contribution in [1.82, 2.24) is 5.32 Å². The number of anilines is 2. The van der Waals surface area contributed by atoms with Gasteiger partial charge in [0.05, 0.1) is 17.9 Å². The molecule has 140 valence electrons. The number of carbonyl (C=O) groups is 2. The van der Waals surface area contributed by atoms with Crippen molar-refractivity contribution in [3.8, 4) is 5.75 Å². The van der Waals surface area contributed by atoms with Crippen LogP contribution in [0.3, 0.4) is 0 Å². The first-order valence-electron chi connectivity index (χ1n) is 9.31. The van der Waals surface area contributed by atoms with Crippen LogP contribution >= 0.6 is 0 Å². The number of benzene rings is 2. The van der Waals surface area contributed by atoms with Gasteiger partial charge in [0.1, 0.15) is 18.4 Å². The van der Waals surface area contributed by atoms with Gasteiger partial charge in [0.2, 0.25) is 5.91 Å². The van der Waals surface area contributed by atoms with E-state index < -0.39 is 0 Å². The molecule has 6 nitrogen and oxygen atoms in total. The number of aryl methyl sites for hydroxylation is 1. The molecule has 2 aliphatic heterocycles. The normalized spacial score (nSPS) is 17.7. The van der Waals surface area contributed by atoms with Gasteiger partial charge in [-0.15, -0.1) is 0 Å². The third kappa shape index (κ3) is 3.60. The summed E-state index contributed by atoms with van der Waals surface area (Å²) in [5.41, 5.74) is 3.41. The molecular weight excluding hydrogens is 342 g/mol. The highest BCUT2D eigenvalue weighted by molar-refractivity contribution is 6.06. The quantitative estimate of drug-likeness (QED) is 0.800. The van der Waals surface area contributed by atoms with Gasteiger partial charge >= 0.3 is 0 Å². The number of rotatable bonds is 5. The zero-order valence-corrected chi connectivity index (χ0v) is 15.3. The summed E-state index contributed by atoms with van der Waals surface area (Å²) in [5, 5.41) is 5.79. The van der Waals surface area contributed by atoms with Gasteiger partial charge in [0.15, 0.2) is 0 Å². The number of ether oxygens (including phenoxy) is 1. The molecule has 2 aromatic rings. The Balaban J connectivity index is 1.35. The molecule has 27 heavy (non-hydrogen) atoms. The van der Waals surface area contributed by atoms with E-state index in [2.05, 4.69) is 15.5 Å². The van der Waals surface area contributed by atoms with E-state index in [1.165, 1.54) is 5.56 Å². The molecule has 0 saturated carbocycles. The van der Waals surface area contributed by atoms with E-state index in [9.17, 15) is 9.59 Å². The van der Waals surface area contributed by atoms with Crippen molar-refractivity contribution in [2.24, 2.45) is 0 Å². The van der Waals surface area contributed by atoms with Crippen LogP contribution in [0.1, 0.15) is 28.8 Å². The van der Waals surface area contributed by atoms with Crippen LogP contribution in [0.2, 0.25) is 0 Å². The van der Waals surface area contributed by atoms with Crippen molar-refractivity contribution in [1.29, 1.82) is 0 Å². The summed E-state index contributed by atoms with van der Waals surface area (Å²) in [5.74, 6) is 0.624. The molecule has 2 aliphatic rings. The average Bonchev–Trinajstić information content (AvgIpc) is 3.17. The summed E-state index contributed by atoms with van der Waals surface area (Å²) >= 11 is 0. The van der Waals surface area contributed by atoms with E-state index in [1.54, 1.807) is 6.07 Å². The molecule has 0 bridgehead atoms. The van der Waals surface area contributed by atoms with Crippen LogP contribution in [0.25, 0.3) is 0 Å². The minimum atomic E-state index is -0.178. The highest BCUT2D eigenvalue weighted by atomic mass is 16.5. The Morgan fingerprint density at radius 3 is 2.89 bits per heavy atom. The standard InChI is InChI=1S/C21H23N3O3/c1-14-4-7-16(8-5-14)27-12-10-22-20(25)15-6-9-18-17(13-15)23-21(26)19-3-2-11-24(18)19/h4-9,13,19H,2-3,10-12H2,1H3,(H,22,25)(H,23,26)/t19-/m1/s1. The van der Waals surface area contributed by atoms with E-state index >= 15 is 0 Å². The predicted molar refractivity (Wildman–Crippen MR) is 104 cm³/mol. The maximum absolute atomic E-state index is 12.4. The monoisotopic (exact) mass is 365 g/mol. The number of fused-ring (bicyclic) bond motifs is 3. The number of hydrogen-bond acceptors (Lipinski definition) is 4. The average molecular weight is 365 g/mol. The van der Waals surface area contributed by atoms with Crippen LogP contribution in [0.15, 0.2) is 42.5 Å². The minimum absolute atomic E-state index is 0.0176.